The van der Waals surface area contributed by atoms with Crippen molar-refractivity contribution >= 4 is 21.3 Å². The molecule has 2 heterocycles. The van der Waals surface area contributed by atoms with E-state index in [1.807, 2.05) is 27.7 Å². The Hall–Kier alpha value is -2.52. The molecule has 9 heteroatoms. The Morgan fingerprint density at radius 3 is 2.61 bits per heavy atom. The summed E-state index contributed by atoms with van der Waals surface area (Å²) in [5, 5.41) is 3.13. The summed E-state index contributed by atoms with van der Waals surface area (Å²) in [5.74, 6) is 0.242. The third-order valence-corrected chi connectivity index (χ3v) is 6.48. The van der Waals surface area contributed by atoms with Crippen molar-refractivity contribution in [3.8, 4) is 5.75 Å². The maximum absolute atomic E-state index is 12.8. The minimum atomic E-state index is -2.50. The second kappa shape index (κ2) is 13.9. The number of carbonyl (C=O) groups is 1. The largest absolute Gasteiger partial charge is 0.494 e. The Labute approximate surface area is 197 Å². The van der Waals surface area contributed by atoms with Crippen LogP contribution in [-0.4, -0.2) is 47.2 Å². The molecule has 0 spiro atoms. The Morgan fingerprint density at radius 2 is 2.03 bits per heavy atom. The molecule has 1 amide bonds. The number of nitrogens with one attached hydrogen (secondary N) is 1. The molecule has 33 heavy (non-hydrogen) atoms. The van der Waals surface area contributed by atoms with E-state index in [2.05, 4.69) is 14.7 Å². The zero-order valence-electron chi connectivity index (χ0n) is 20.6. The molecular weight excluding hydrogens is 445 g/mol. The van der Waals surface area contributed by atoms with Gasteiger partial charge >= 0.3 is 0 Å². The van der Waals surface area contributed by atoms with E-state index in [0.29, 0.717) is 28.6 Å². The predicted octanol–water partition coefficient (Wildman–Crippen LogP) is 5.23. The van der Waals surface area contributed by atoms with Gasteiger partial charge in [0.25, 0.3) is 5.91 Å². The molecule has 3 rings (SSSR count). The molecule has 184 valence electrons. The fraction of sp³-hybridized carbons (Fsp3) is 0.500. The first-order chi connectivity index (χ1) is 15.7. The van der Waals surface area contributed by atoms with Crippen molar-refractivity contribution in [3.05, 3.63) is 47.9 Å². The number of amides is 1. The first-order valence-corrected chi connectivity index (χ1v) is 13.0. The molecule has 1 aliphatic rings. The maximum atomic E-state index is 12.8. The van der Waals surface area contributed by atoms with Crippen LogP contribution in [0.25, 0.3) is 0 Å². The molecule has 1 fully saturated rings. The van der Waals surface area contributed by atoms with Crippen molar-refractivity contribution in [2.45, 2.75) is 64.7 Å². The van der Waals surface area contributed by atoms with Crippen LogP contribution in [0, 0.1) is 12.7 Å². The van der Waals surface area contributed by atoms with Crippen LogP contribution in [-0.2, 0) is 19.3 Å². The number of aromatic nitrogens is 1. The Morgan fingerprint density at radius 1 is 1.33 bits per heavy atom. The first kappa shape index (κ1) is 28.5. The first-order valence-electron chi connectivity index (χ1n) is 11.1. The normalized spacial score (nSPS) is 18.5. The van der Waals surface area contributed by atoms with Gasteiger partial charge in [0, 0.05) is 30.8 Å². The van der Waals surface area contributed by atoms with Crippen LogP contribution in [0.3, 0.4) is 0 Å². The lowest BCUT2D eigenvalue weighted by Gasteiger charge is -2.12. The Bertz CT molecular complexity index is 1020. The fourth-order valence-corrected chi connectivity index (χ4v) is 3.69. The average molecular weight is 482 g/mol. The number of hydrogen-bond acceptors (Lipinski definition) is 6. The van der Waals surface area contributed by atoms with Crippen molar-refractivity contribution < 1.29 is 22.9 Å². The zero-order chi connectivity index (χ0) is 25.0. The molecule has 0 saturated carbocycles. The minimum absolute atomic E-state index is 0.118. The standard InChI is InChI=1S/C13H19N3O3S.C9H11FO.C2H6/c1-9-4-5-11(19-9)13(17)16-10-6-7-15-12(8-10)20(3,18)14-2;1-3-11-9-6-4-5-8(10)7(9)2;1-2/h6-9,11H,4-5H2,1-3H3,(H,15,16,17);4-6H,3H2,1-2H3;1-2H3. The van der Waals surface area contributed by atoms with Gasteiger partial charge in [0.15, 0.2) is 0 Å². The van der Waals surface area contributed by atoms with E-state index in [1.54, 1.807) is 31.2 Å². The van der Waals surface area contributed by atoms with Gasteiger partial charge < -0.3 is 14.8 Å². The third-order valence-electron chi connectivity index (χ3n) is 4.78. The van der Waals surface area contributed by atoms with Gasteiger partial charge in [-0.25, -0.2) is 17.9 Å². The van der Waals surface area contributed by atoms with E-state index in [-0.39, 0.29) is 17.8 Å². The second-order valence-corrected chi connectivity index (χ2v) is 9.55. The number of pyridine rings is 1. The molecule has 1 aromatic heterocycles. The van der Waals surface area contributed by atoms with Gasteiger partial charge in [0.05, 0.1) is 22.4 Å². The van der Waals surface area contributed by atoms with E-state index in [9.17, 15) is 13.4 Å². The van der Waals surface area contributed by atoms with Crippen LogP contribution in [0.15, 0.2) is 45.9 Å². The zero-order valence-corrected chi connectivity index (χ0v) is 21.4. The van der Waals surface area contributed by atoms with Crippen molar-refractivity contribution in [2.75, 3.05) is 25.2 Å². The van der Waals surface area contributed by atoms with E-state index in [1.165, 1.54) is 25.6 Å². The molecule has 0 bridgehead atoms. The topological polar surface area (TPSA) is 89.9 Å². The predicted molar refractivity (Wildman–Crippen MR) is 131 cm³/mol. The van der Waals surface area contributed by atoms with Gasteiger partial charge in [-0.1, -0.05) is 19.9 Å². The number of benzene rings is 1. The molecule has 3 atom stereocenters. The lowest BCUT2D eigenvalue weighted by Crippen LogP contribution is -2.27. The lowest BCUT2D eigenvalue weighted by molar-refractivity contribution is -0.126. The summed E-state index contributed by atoms with van der Waals surface area (Å²) in [6.45, 7) is 10.1. The van der Waals surface area contributed by atoms with Gasteiger partial charge in [0.1, 0.15) is 22.7 Å². The molecule has 0 aliphatic carbocycles. The number of hydrogen-bond donors (Lipinski definition) is 1. The SMILES string of the molecule is CC.CCOc1cccc(F)c1C.CN=S(C)(=O)c1cc(NC(=O)C2CCC(C)O2)ccn1. The highest BCUT2D eigenvalue weighted by atomic mass is 32.2. The molecule has 2 aromatic rings. The lowest BCUT2D eigenvalue weighted by atomic mass is 10.2. The molecule has 7 nitrogen and oxygen atoms in total. The highest BCUT2D eigenvalue weighted by molar-refractivity contribution is 7.92. The summed E-state index contributed by atoms with van der Waals surface area (Å²) in [7, 11) is -1.01. The van der Waals surface area contributed by atoms with E-state index < -0.39 is 15.8 Å². The summed E-state index contributed by atoms with van der Waals surface area (Å²) in [6, 6.07) is 8.09. The maximum Gasteiger partial charge on any atom is 0.253 e. The van der Waals surface area contributed by atoms with Crippen molar-refractivity contribution in [1.82, 2.24) is 4.98 Å². The van der Waals surface area contributed by atoms with Gasteiger partial charge in [-0.3, -0.25) is 4.79 Å². The monoisotopic (exact) mass is 481 g/mol. The highest BCUT2D eigenvalue weighted by Gasteiger charge is 2.28. The van der Waals surface area contributed by atoms with Crippen LogP contribution in [0.4, 0.5) is 10.1 Å². The number of anilines is 1. The van der Waals surface area contributed by atoms with Crippen molar-refractivity contribution in [3.63, 3.8) is 0 Å². The number of ether oxygens (including phenoxy) is 2. The number of halogens is 1. The summed E-state index contributed by atoms with van der Waals surface area (Å²) in [4.78, 5) is 16.1. The summed E-state index contributed by atoms with van der Waals surface area (Å²) in [5.41, 5.74) is 1.13. The second-order valence-electron chi connectivity index (χ2n) is 7.17. The minimum Gasteiger partial charge on any atom is -0.494 e. The van der Waals surface area contributed by atoms with E-state index >= 15 is 0 Å². The molecule has 1 N–H and O–H groups in total. The van der Waals surface area contributed by atoms with Crippen LogP contribution >= 0.6 is 0 Å². The van der Waals surface area contributed by atoms with Crippen LogP contribution < -0.4 is 10.1 Å². The van der Waals surface area contributed by atoms with Crippen molar-refractivity contribution in [1.29, 1.82) is 0 Å². The van der Waals surface area contributed by atoms with Gasteiger partial charge in [0.2, 0.25) is 0 Å². The summed E-state index contributed by atoms with van der Waals surface area (Å²) in [6.07, 6.45) is 4.34. The quantitative estimate of drug-likeness (QED) is 0.631. The summed E-state index contributed by atoms with van der Waals surface area (Å²) < 4.78 is 39.5. The van der Waals surface area contributed by atoms with Crippen LogP contribution in [0.2, 0.25) is 0 Å². The highest BCUT2D eigenvalue weighted by Crippen LogP contribution is 2.21. The Kier molecular flexibility index (Phi) is 12.0. The fourth-order valence-electron chi connectivity index (χ4n) is 2.91. The Balaban J connectivity index is 0.000000354. The van der Waals surface area contributed by atoms with Gasteiger partial charge in [-0.15, -0.1) is 0 Å². The number of rotatable bonds is 5. The third kappa shape index (κ3) is 8.74. The van der Waals surface area contributed by atoms with Gasteiger partial charge in [-0.05, 0) is 57.9 Å². The molecule has 1 aliphatic heterocycles. The average Bonchev–Trinajstić information content (AvgIpc) is 3.25. The van der Waals surface area contributed by atoms with Crippen molar-refractivity contribution in [2.24, 2.45) is 4.36 Å². The summed E-state index contributed by atoms with van der Waals surface area (Å²) >= 11 is 0. The molecular formula is C24H36FN3O4S. The van der Waals surface area contributed by atoms with E-state index in [4.69, 9.17) is 9.47 Å². The number of carbonyl (C=O) groups excluding carboxylic acids is 1. The van der Waals surface area contributed by atoms with Crippen LogP contribution in [0.1, 0.15) is 46.1 Å². The van der Waals surface area contributed by atoms with Gasteiger partial charge in [-0.2, -0.15) is 0 Å². The van der Waals surface area contributed by atoms with Crippen LogP contribution in [0.5, 0.6) is 5.75 Å². The molecule has 0 radical (unpaired) electrons. The molecule has 1 saturated heterocycles. The van der Waals surface area contributed by atoms with E-state index in [0.717, 1.165) is 12.8 Å². The molecule has 3 unspecified atom stereocenters. The number of nitrogens with zero attached hydrogens (tertiary/aromatic N) is 2. The molecule has 1 aromatic carbocycles. The smallest absolute Gasteiger partial charge is 0.253 e.